The van der Waals surface area contributed by atoms with E-state index in [4.69, 9.17) is 4.74 Å². The van der Waals surface area contributed by atoms with E-state index in [1.165, 1.54) is 6.92 Å². The number of amides is 1. The van der Waals surface area contributed by atoms with E-state index < -0.39 is 12.4 Å². The first-order chi connectivity index (χ1) is 7.41. The van der Waals surface area contributed by atoms with Crippen LogP contribution in [0.1, 0.15) is 13.3 Å². The predicted molar refractivity (Wildman–Crippen MR) is 57.7 cm³/mol. The highest BCUT2D eigenvalue weighted by Gasteiger charge is 2.37. The second-order valence-electron chi connectivity index (χ2n) is 4.34. The largest absolute Gasteiger partial charge is 0.386 e. The van der Waals surface area contributed by atoms with Crippen LogP contribution in [-0.4, -0.2) is 66.2 Å². The molecule has 1 rings (SSSR count). The minimum absolute atomic E-state index is 0.134. The summed E-state index contributed by atoms with van der Waals surface area (Å²) in [5.41, 5.74) is 0. The van der Waals surface area contributed by atoms with Crippen LogP contribution in [0.15, 0.2) is 0 Å². The Labute approximate surface area is 95.2 Å². The number of aliphatic hydroxyl groups excluding tert-OH is 2. The predicted octanol–water partition coefficient (Wildman–Crippen LogP) is -1.48. The fraction of sp³-hybridized carbons (Fsp3) is 0.900. The molecule has 0 aromatic rings. The number of ether oxygens (including phenoxy) is 1. The Balaban J connectivity index is 2.53. The molecule has 1 saturated heterocycles. The third kappa shape index (κ3) is 3.41. The SMILES string of the molecule is CC(=O)NCC1CC(N(C)C)C(O)[C@H](O)O1. The summed E-state index contributed by atoms with van der Waals surface area (Å²) in [7, 11) is 3.67. The van der Waals surface area contributed by atoms with Gasteiger partial charge >= 0.3 is 0 Å². The monoisotopic (exact) mass is 232 g/mol. The van der Waals surface area contributed by atoms with Gasteiger partial charge in [-0.15, -0.1) is 0 Å². The van der Waals surface area contributed by atoms with Gasteiger partial charge in [-0.05, 0) is 20.5 Å². The second-order valence-corrected chi connectivity index (χ2v) is 4.34. The van der Waals surface area contributed by atoms with E-state index in [1.807, 2.05) is 19.0 Å². The van der Waals surface area contributed by atoms with Gasteiger partial charge in [-0.25, -0.2) is 0 Å². The summed E-state index contributed by atoms with van der Waals surface area (Å²) in [5.74, 6) is -0.134. The van der Waals surface area contributed by atoms with Crippen LogP contribution in [0.2, 0.25) is 0 Å². The van der Waals surface area contributed by atoms with Gasteiger partial charge in [0.1, 0.15) is 6.10 Å². The van der Waals surface area contributed by atoms with Gasteiger partial charge in [-0.2, -0.15) is 0 Å². The summed E-state index contributed by atoms with van der Waals surface area (Å²) < 4.78 is 5.19. The number of rotatable bonds is 3. The van der Waals surface area contributed by atoms with Crippen molar-refractivity contribution in [2.45, 2.75) is 37.9 Å². The quantitative estimate of drug-likeness (QED) is 0.553. The normalized spacial score (nSPS) is 35.1. The zero-order chi connectivity index (χ0) is 12.3. The standard InChI is InChI=1S/C10H20N2O4/c1-6(13)11-5-7-4-8(12(2)3)9(14)10(15)16-7/h7-10,14-15H,4-5H2,1-3H3,(H,11,13)/t7?,8?,9?,10-/m1/s1. The minimum Gasteiger partial charge on any atom is -0.386 e. The van der Waals surface area contributed by atoms with Crippen LogP contribution in [0.25, 0.3) is 0 Å². The first-order valence-electron chi connectivity index (χ1n) is 5.34. The third-order valence-electron chi connectivity index (χ3n) is 2.76. The molecular formula is C10H20N2O4. The minimum atomic E-state index is -1.19. The molecule has 1 aliphatic rings. The van der Waals surface area contributed by atoms with E-state index in [9.17, 15) is 15.0 Å². The maximum Gasteiger partial charge on any atom is 0.216 e. The van der Waals surface area contributed by atoms with Crippen molar-refractivity contribution in [1.29, 1.82) is 0 Å². The number of hydrogen-bond acceptors (Lipinski definition) is 5. The Bertz CT molecular complexity index is 247. The van der Waals surface area contributed by atoms with Crippen molar-refractivity contribution in [2.75, 3.05) is 20.6 Å². The van der Waals surface area contributed by atoms with Crippen LogP contribution >= 0.6 is 0 Å². The van der Waals surface area contributed by atoms with E-state index in [0.717, 1.165) is 0 Å². The average molecular weight is 232 g/mol. The van der Waals surface area contributed by atoms with Gasteiger partial charge in [0.2, 0.25) is 5.91 Å². The first-order valence-corrected chi connectivity index (χ1v) is 5.34. The molecule has 0 aromatic heterocycles. The Morgan fingerprint density at radius 2 is 2.12 bits per heavy atom. The molecular weight excluding hydrogens is 212 g/mol. The van der Waals surface area contributed by atoms with Gasteiger partial charge in [0.15, 0.2) is 6.29 Å². The third-order valence-corrected chi connectivity index (χ3v) is 2.76. The van der Waals surface area contributed by atoms with Crippen molar-refractivity contribution >= 4 is 5.91 Å². The molecule has 1 fully saturated rings. The van der Waals surface area contributed by atoms with Gasteiger partial charge < -0.3 is 25.2 Å². The summed E-state index contributed by atoms with van der Waals surface area (Å²) in [4.78, 5) is 12.6. The van der Waals surface area contributed by atoms with Crippen molar-refractivity contribution in [3.63, 3.8) is 0 Å². The highest BCUT2D eigenvalue weighted by molar-refractivity contribution is 5.72. The molecule has 0 aromatic carbocycles. The zero-order valence-electron chi connectivity index (χ0n) is 9.88. The van der Waals surface area contributed by atoms with Crippen LogP contribution in [-0.2, 0) is 9.53 Å². The van der Waals surface area contributed by atoms with Crippen LogP contribution in [0.4, 0.5) is 0 Å². The van der Waals surface area contributed by atoms with Crippen LogP contribution in [0, 0.1) is 0 Å². The molecule has 0 spiro atoms. The number of nitrogens with one attached hydrogen (secondary N) is 1. The fourth-order valence-electron chi connectivity index (χ4n) is 1.84. The molecule has 0 radical (unpaired) electrons. The first kappa shape index (κ1) is 13.4. The molecule has 1 aliphatic heterocycles. The molecule has 1 heterocycles. The van der Waals surface area contributed by atoms with E-state index in [2.05, 4.69) is 5.32 Å². The Morgan fingerprint density at radius 1 is 1.50 bits per heavy atom. The van der Waals surface area contributed by atoms with Gasteiger partial charge in [0, 0.05) is 19.5 Å². The molecule has 3 N–H and O–H groups in total. The smallest absolute Gasteiger partial charge is 0.216 e. The highest BCUT2D eigenvalue weighted by Crippen LogP contribution is 2.21. The van der Waals surface area contributed by atoms with Gasteiger partial charge in [-0.1, -0.05) is 0 Å². The summed E-state index contributed by atoms with van der Waals surface area (Å²) in [5, 5.41) is 21.9. The van der Waals surface area contributed by atoms with Crippen LogP contribution in [0.3, 0.4) is 0 Å². The van der Waals surface area contributed by atoms with Crippen molar-refractivity contribution in [2.24, 2.45) is 0 Å². The van der Waals surface area contributed by atoms with Gasteiger partial charge in [0.25, 0.3) is 0 Å². The second kappa shape index (κ2) is 5.58. The molecule has 4 atom stereocenters. The molecule has 3 unspecified atom stereocenters. The lowest BCUT2D eigenvalue weighted by Crippen LogP contribution is -2.55. The summed E-state index contributed by atoms with van der Waals surface area (Å²) >= 11 is 0. The number of likely N-dealkylation sites (N-methyl/N-ethyl adjacent to an activating group) is 1. The zero-order valence-corrected chi connectivity index (χ0v) is 9.88. The lowest BCUT2D eigenvalue weighted by Gasteiger charge is -2.40. The highest BCUT2D eigenvalue weighted by atomic mass is 16.6. The summed E-state index contributed by atoms with van der Waals surface area (Å²) in [6.07, 6.45) is -1.80. The van der Waals surface area contributed by atoms with E-state index in [0.29, 0.717) is 13.0 Å². The maximum absolute atomic E-state index is 10.8. The molecule has 6 heteroatoms. The van der Waals surface area contributed by atoms with Crippen molar-refractivity contribution < 1.29 is 19.7 Å². The summed E-state index contributed by atoms with van der Waals surface area (Å²) in [6.45, 7) is 1.78. The molecule has 0 aliphatic carbocycles. The molecule has 1 amide bonds. The number of carbonyl (C=O) groups excluding carboxylic acids is 1. The molecule has 0 saturated carbocycles. The topological polar surface area (TPSA) is 82.0 Å². The lowest BCUT2D eigenvalue weighted by atomic mass is 9.98. The number of hydrogen-bond donors (Lipinski definition) is 3. The Kier molecular flexibility index (Phi) is 4.67. The fourth-order valence-corrected chi connectivity index (χ4v) is 1.84. The van der Waals surface area contributed by atoms with Crippen LogP contribution in [0.5, 0.6) is 0 Å². The van der Waals surface area contributed by atoms with Crippen molar-refractivity contribution in [3.8, 4) is 0 Å². The van der Waals surface area contributed by atoms with E-state index >= 15 is 0 Å². The molecule has 6 nitrogen and oxygen atoms in total. The van der Waals surface area contributed by atoms with Gasteiger partial charge in [0.05, 0.1) is 6.10 Å². The number of carbonyl (C=O) groups is 1. The van der Waals surface area contributed by atoms with E-state index in [-0.39, 0.29) is 18.1 Å². The number of nitrogens with zero attached hydrogens (tertiary/aromatic N) is 1. The van der Waals surface area contributed by atoms with E-state index in [1.54, 1.807) is 0 Å². The number of aliphatic hydroxyl groups is 2. The van der Waals surface area contributed by atoms with Gasteiger partial charge in [-0.3, -0.25) is 4.79 Å². The Hall–Kier alpha value is -0.690. The average Bonchev–Trinajstić information content (AvgIpc) is 2.19. The molecule has 16 heavy (non-hydrogen) atoms. The summed E-state index contributed by atoms with van der Waals surface area (Å²) in [6, 6.07) is -0.164. The molecule has 94 valence electrons. The van der Waals surface area contributed by atoms with Crippen molar-refractivity contribution in [1.82, 2.24) is 10.2 Å². The van der Waals surface area contributed by atoms with Crippen LogP contribution < -0.4 is 5.32 Å². The Morgan fingerprint density at radius 3 is 2.62 bits per heavy atom. The maximum atomic E-state index is 10.8. The lowest BCUT2D eigenvalue weighted by molar-refractivity contribution is -0.232. The van der Waals surface area contributed by atoms with Crippen molar-refractivity contribution in [3.05, 3.63) is 0 Å². The molecule has 0 bridgehead atoms.